The van der Waals surface area contributed by atoms with Crippen molar-refractivity contribution in [3.05, 3.63) is 60.8 Å². The van der Waals surface area contributed by atoms with Crippen LogP contribution in [0.25, 0.3) is 0 Å². The van der Waals surface area contributed by atoms with Gasteiger partial charge in [-0.2, -0.15) is 0 Å². The minimum Gasteiger partial charge on any atom is -0.387 e. The highest BCUT2D eigenvalue weighted by atomic mass is 31.2. The number of hydrogen-bond donors (Lipinski definition) is 3. The van der Waals surface area contributed by atoms with Crippen LogP contribution < -0.4 is 5.32 Å². The summed E-state index contributed by atoms with van der Waals surface area (Å²) in [5.41, 5.74) is 0. The lowest BCUT2D eigenvalue weighted by Crippen LogP contribution is -2.45. The van der Waals surface area contributed by atoms with E-state index in [2.05, 4.69) is 67.8 Å². The van der Waals surface area contributed by atoms with Crippen LogP contribution in [0.15, 0.2) is 60.8 Å². The molecular weight excluding hydrogens is 1090 g/mol. The Bertz CT molecular complexity index is 1600. The van der Waals surface area contributed by atoms with Crippen LogP contribution in [0.1, 0.15) is 380 Å². The maximum absolute atomic E-state index is 13.1. The smallest absolute Gasteiger partial charge is 0.387 e. The molecule has 9 heteroatoms. The third-order valence-corrected chi connectivity index (χ3v) is 18.4. The summed E-state index contributed by atoms with van der Waals surface area (Å²) < 4.78 is 23.8. The number of unbranched alkanes of at least 4 members (excludes halogenated alkanes) is 50. The van der Waals surface area contributed by atoms with Gasteiger partial charge in [0.05, 0.1) is 39.9 Å². The standard InChI is InChI=1S/C78H149N2O6P/c1-6-8-10-12-14-16-18-20-22-24-26-28-30-32-34-36-37-38-39-40-41-42-43-44-46-48-50-52-54-56-58-60-62-64-66-68-70-72-78(82)79-76(75-86-87(83,84)85-74-73-80(3,4)5)77(81)71-69-67-65-63-61-59-57-55-53-51-49-47-45-35-33-31-29-27-25-23-21-19-17-15-13-11-9-7-2/h18,20,24,26,30,32,61,63,69,71,76-77,81H,6-17,19,21-23,25,27-29,31,33-60,62,64-68,70,72-75H2,1-5H3,(H-,79,82,83,84)/p+1/b20-18-,26-24-,32-30-,63-61+,71-69+. The quantitative estimate of drug-likeness (QED) is 0.0243. The van der Waals surface area contributed by atoms with Gasteiger partial charge in [-0.15, -0.1) is 0 Å². The second kappa shape index (κ2) is 68.6. The van der Waals surface area contributed by atoms with Gasteiger partial charge in [-0.25, -0.2) is 4.57 Å². The van der Waals surface area contributed by atoms with Crippen molar-refractivity contribution in [1.29, 1.82) is 0 Å². The van der Waals surface area contributed by atoms with Crippen molar-refractivity contribution >= 4 is 13.7 Å². The molecule has 0 bridgehead atoms. The average Bonchev–Trinajstić information content (AvgIpc) is 3.70. The Kier molecular flexibility index (Phi) is 67.1. The molecule has 0 saturated carbocycles. The topological polar surface area (TPSA) is 105 Å². The number of nitrogens with zero attached hydrogens (tertiary/aromatic N) is 1. The Labute approximate surface area is 542 Å². The van der Waals surface area contributed by atoms with E-state index in [4.69, 9.17) is 9.05 Å². The molecule has 0 radical (unpaired) electrons. The van der Waals surface area contributed by atoms with Crippen LogP contribution in [0.3, 0.4) is 0 Å². The van der Waals surface area contributed by atoms with Gasteiger partial charge in [0.2, 0.25) is 5.91 Å². The third-order valence-electron chi connectivity index (χ3n) is 17.5. The molecule has 0 aromatic carbocycles. The van der Waals surface area contributed by atoms with Gasteiger partial charge >= 0.3 is 7.82 Å². The Morgan fingerprint density at radius 2 is 0.667 bits per heavy atom. The lowest BCUT2D eigenvalue weighted by Gasteiger charge is -2.25. The summed E-state index contributed by atoms with van der Waals surface area (Å²) in [4.78, 5) is 23.5. The number of aliphatic hydroxyl groups is 1. The maximum Gasteiger partial charge on any atom is 0.472 e. The molecule has 512 valence electrons. The third kappa shape index (κ3) is 71.5. The van der Waals surface area contributed by atoms with E-state index in [9.17, 15) is 19.4 Å². The van der Waals surface area contributed by atoms with Crippen LogP contribution in [0.4, 0.5) is 0 Å². The van der Waals surface area contributed by atoms with Crippen molar-refractivity contribution in [1.82, 2.24) is 5.32 Å². The Hall–Kier alpha value is -1.80. The molecule has 0 saturated heterocycles. The number of phosphoric acid groups is 1. The van der Waals surface area contributed by atoms with Crippen molar-refractivity contribution < 1.29 is 32.9 Å². The zero-order valence-corrected chi connectivity index (χ0v) is 59.7. The fourth-order valence-electron chi connectivity index (χ4n) is 11.5. The van der Waals surface area contributed by atoms with Crippen molar-refractivity contribution in [3.8, 4) is 0 Å². The number of amides is 1. The Morgan fingerprint density at radius 3 is 1.00 bits per heavy atom. The van der Waals surface area contributed by atoms with Crippen LogP contribution >= 0.6 is 7.82 Å². The minimum absolute atomic E-state index is 0.0569. The number of nitrogens with one attached hydrogen (secondary N) is 1. The van der Waals surface area contributed by atoms with Gasteiger partial charge in [-0.05, 0) is 70.6 Å². The fourth-order valence-corrected chi connectivity index (χ4v) is 12.3. The van der Waals surface area contributed by atoms with Crippen LogP contribution in [-0.4, -0.2) is 73.4 Å². The van der Waals surface area contributed by atoms with Gasteiger partial charge in [0.15, 0.2) is 0 Å². The highest BCUT2D eigenvalue weighted by Crippen LogP contribution is 2.43. The molecule has 0 aliphatic carbocycles. The van der Waals surface area contributed by atoms with E-state index >= 15 is 0 Å². The number of likely N-dealkylation sites (N-methyl/N-ethyl adjacent to an activating group) is 1. The van der Waals surface area contributed by atoms with E-state index in [1.54, 1.807) is 6.08 Å². The molecule has 3 atom stereocenters. The number of carbonyl (C=O) groups is 1. The molecule has 1 amide bonds. The number of rotatable bonds is 71. The summed E-state index contributed by atoms with van der Waals surface area (Å²) in [6.45, 7) is 4.84. The number of phosphoric ester groups is 1. The SMILES string of the molecule is CCCCCCC/C=C\C/C=C\C/C=C\CCCCCCCCCCCCCCCCCCCCCCCCC(=O)NC(COP(=O)(O)OCC[N+](C)(C)C)C(O)/C=C/CC/C=C/CCCCCCCCCCCCCCCCCCCCCCCC. The normalized spacial score (nSPS) is 13.9. The monoisotopic (exact) mass is 1240 g/mol. The number of hydrogen-bond acceptors (Lipinski definition) is 5. The van der Waals surface area contributed by atoms with Crippen molar-refractivity contribution in [2.75, 3.05) is 40.9 Å². The molecule has 3 unspecified atom stereocenters. The molecule has 0 aromatic heterocycles. The second-order valence-electron chi connectivity index (χ2n) is 27.4. The molecule has 0 heterocycles. The van der Waals surface area contributed by atoms with E-state index < -0.39 is 20.0 Å². The molecule has 0 aliphatic rings. The van der Waals surface area contributed by atoms with Gasteiger partial charge in [0.1, 0.15) is 13.2 Å². The van der Waals surface area contributed by atoms with Gasteiger partial charge in [-0.3, -0.25) is 13.8 Å². The van der Waals surface area contributed by atoms with Crippen molar-refractivity contribution in [3.63, 3.8) is 0 Å². The van der Waals surface area contributed by atoms with E-state index in [0.29, 0.717) is 17.4 Å². The maximum atomic E-state index is 13.1. The molecular formula is C78H150N2O6P+. The van der Waals surface area contributed by atoms with Gasteiger partial charge in [-0.1, -0.05) is 364 Å². The molecule has 0 aromatic rings. The Balaban J connectivity index is 4.01. The summed E-state index contributed by atoms with van der Waals surface area (Å²) in [5.74, 6) is -0.180. The zero-order chi connectivity index (χ0) is 63.4. The Morgan fingerprint density at radius 1 is 0.391 bits per heavy atom. The first-order chi connectivity index (χ1) is 42.5. The fraction of sp³-hybridized carbons (Fsp3) is 0.859. The molecule has 87 heavy (non-hydrogen) atoms. The van der Waals surface area contributed by atoms with Crippen LogP contribution in [0.2, 0.25) is 0 Å². The van der Waals surface area contributed by atoms with Gasteiger partial charge in [0, 0.05) is 6.42 Å². The number of carbonyl (C=O) groups excluding carboxylic acids is 1. The number of quaternary nitrogens is 1. The van der Waals surface area contributed by atoms with Gasteiger partial charge in [0.25, 0.3) is 0 Å². The van der Waals surface area contributed by atoms with Gasteiger partial charge < -0.3 is 19.8 Å². The molecule has 0 aliphatic heterocycles. The zero-order valence-electron chi connectivity index (χ0n) is 58.8. The van der Waals surface area contributed by atoms with Crippen molar-refractivity contribution in [2.45, 2.75) is 392 Å². The first-order valence-corrected chi connectivity index (χ1v) is 39.7. The molecule has 8 nitrogen and oxygen atoms in total. The molecule has 0 fully saturated rings. The van der Waals surface area contributed by atoms with E-state index in [0.717, 1.165) is 51.4 Å². The summed E-state index contributed by atoms with van der Waals surface area (Å²) in [6, 6.07) is -0.866. The van der Waals surface area contributed by atoms with Crippen LogP contribution in [0.5, 0.6) is 0 Å². The summed E-state index contributed by atoms with van der Waals surface area (Å²) in [5, 5.41) is 14.0. The molecule has 0 rings (SSSR count). The molecule has 3 N–H and O–H groups in total. The highest BCUT2D eigenvalue weighted by molar-refractivity contribution is 7.47. The minimum atomic E-state index is -4.36. The summed E-state index contributed by atoms with van der Waals surface area (Å²) >= 11 is 0. The van der Waals surface area contributed by atoms with E-state index in [1.165, 1.54) is 308 Å². The highest BCUT2D eigenvalue weighted by Gasteiger charge is 2.28. The lowest BCUT2D eigenvalue weighted by molar-refractivity contribution is -0.870. The first kappa shape index (κ1) is 85.2. The lowest BCUT2D eigenvalue weighted by atomic mass is 10.0. The predicted molar refractivity (Wildman–Crippen MR) is 383 cm³/mol. The summed E-state index contributed by atoms with van der Waals surface area (Å²) in [6.07, 6.45) is 95.5. The molecule has 0 spiro atoms. The summed E-state index contributed by atoms with van der Waals surface area (Å²) in [7, 11) is 1.57. The van der Waals surface area contributed by atoms with Crippen molar-refractivity contribution in [2.24, 2.45) is 0 Å². The van der Waals surface area contributed by atoms with Crippen LogP contribution in [0, 0.1) is 0 Å². The second-order valence-corrected chi connectivity index (χ2v) is 28.8. The van der Waals surface area contributed by atoms with E-state index in [-0.39, 0.29) is 19.1 Å². The predicted octanol–water partition coefficient (Wildman–Crippen LogP) is 24.7. The van der Waals surface area contributed by atoms with E-state index in [1.807, 2.05) is 27.2 Å². The van der Waals surface area contributed by atoms with Crippen LogP contribution in [-0.2, 0) is 18.4 Å². The number of aliphatic hydroxyl groups excluding tert-OH is 1. The first-order valence-electron chi connectivity index (χ1n) is 38.2. The average molecular weight is 1240 g/mol. The number of allylic oxidation sites excluding steroid dienone is 9. The largest absolute Gasteiger partial charge is 0.472 e.